The summed E-state index contributed by atoms with van der Waals surface area (Å²) in [6.07, 6.45) is -5.94. The third-order valence-corrected chi connectivity index (χ3v) is 0.746. The van der Waals surface area contributed by atoms with Crippen molar-refractivity contribution in [2.24, 2.45) is 0 Å². The molecule has 3 nitrogen and oxygen atoms in total. The zero-order chi connectivity index (χ0) is 9.28. The van der Waals surface area contributed by atoms with Gasteiger partial charge in [-0.2, -0.15) is 17.6 Å². The highest BCUT2D eigenvalue weighted by Crippen LogP contribution is 2.35. The van der Waals surface area contributed by atoms with Gasteiger partial charge in [0, 0.05) is 0 Å². The van der Waals surface area contributed by atoms with Crippen molar-refractivity contribution in [3.63, 3.8) is 0 Å². The molecule has 0 aromatic rings. The summed E-state index contributed by atoms with van der Waals surface area (Å²) in [6.45, 7) is 0. The zero-order valence-corrected chi connectivity index (χ0v) is 4.65. The first-order chi connectivity index (χ1) is 4.75. The van der Waals surface area contributed by atoms with Crippen LogP contribution in [0.3, 0.4) is 0 Å². The lowest BCUT2D eigenvalue weighted by molar-refractivity contribution is -0.386. The molecule has 0 aromatic heterocycles. The average Bonchev–Trinajstić information content (AvgIpc) is 1.83. The van der Waals surface area contributed by atoms with Crippen molar-refractivity contribution in [1.82, 2.24) is 0 Å². The van der Waals surface area contributed by atoms with Crippen LogP contribution in [0.1, 0.15) is 0 Å². The number of carbonyl (C=O) groups is 1. The van der Waals surface area contributed by atoms with E-state index in [0.29, 0.717) is 0 Å². The predicted octanol–water partition coefficient (Wildman–Crippen LogP) is 1.20. The molecule has 0 heterocycles. The molecule has 11 heavy (non-hydrogen) atoms. The molecule has 1 unspecified atom stereocenters. The molecule has 0 amide bonds. The SMILES string of the molecule is O=C(O)C(F)(OF)C(F)(F)F. The second kappa shape index (κ2) is 2.61. The number of hydrogen-bond acceptors (Lipinski definition) is 2. The third-order valence-electron chi connectivity index (χ3n) is 0.746. The number of carboxylic acid groups (broad SMARTS) is 1. The number of hydrogen-bond donors (Lipinski definition) is 1. The largest absolute Gasteiger partial charge is 0.477 e. The van der Waals surface area contributed by atoms with Crippen LogP contribution in [0.5, 0.6) is 0 Å². The molecule has 0 bridgehead atoms. The number of alkyl halides is 4. The van der Waals surface area contributed by atoms with Crippen molar-refractivity contribution in [2.75, 3.05) is 0 Å². The lowest BCUT2D eigenvalue weighted by Crippen LogP contribution is -2.48. The normalized spacial score (nSPS) is 17.5. The molecule has 0 aliphatic heterocycles. The van der Waals surface area contributed by atoms with Crippen LogP contribution in [0.2, 0.25) is 0 Å². The second-order valence-electron chi connectivity index (χ2n) is 1.48. The minimum atomic E-state index is -5.94. The Morgan fingerprint density at radius 1 is 1.27 bits per heavy atom. The van der Waals surface area contributed by atoms with E-state index in [-0.39, 0.29) is 0 Å². The molecule has 8 heteroatoms. The highest BCUT2D eigenvalue weighted by atomic mass is 19.4. The van der Waals surface area contributed by atoms with Crippen LogP contribution in [-0.4, -0.2) is 23.1 Å². The smallest absolute Gasteiger partial charge is 0.463 e. The standard InChI is InChI=1S/C3HF5O3/c4-2(11-8,1(9)10)3(5,6)7/h(H,9,10). The summed E-state index contributed by atoms with van der Waals surface area (Å²) in [7, 11) is 0. The predicted molar refractivity (Wildman–Crippen MR) is 19.7 cm³/mol. The zero-order valence-electron chi connectivity index (χ0n) is 4.65. The maximum Gasteiger partial charge on any atom is 0.463 e. The Hall–Kier alpha value is -0.920. The van der Waals surface area contributed by atoms with Gasteiger partial charge < -0.3 is 5.11 Å². The van der Waals surface area contributed by atoms with Crippen LogP contribution in [0.25, 0.3) is 0 Å². The molecule has 1 N–H and O–H groups in total. The van der Waals surface area contributed by atoms with E-state index in [0.717, 1.165) is 0 Å². The van der Waals surface area contributed by atoms with Crippen molar-refractivity contribution in [1.29, 1.82) is 0 Å². The molecule has 0 saturated heterocycles. The van der Waals surface area contributed by atoms with E-state index < -0.39 is 18.0 Å². The maximum atomic E-state index is 11.8. The Bertz CT molecular complexity index is 165. The molecule has 1 atom stereocenters. The Morgan fingerprint density at radius 2 is 1.64 bits per heavy atom. The molecule has 0 spiro atoms. The Labute approximate surface area is 56.3 Å². The molecule has 0 aliphatic rings. The molecule has 66 valence electrons. The minimum Gasteiger partial charge on any atom is -0.477 e. The number of aliphatic carboxylic acids is 1. The van der Waals surface area contributed by atoms with Crippen molar-refractivity contribution in [2.45, 2.75) is 12.0 Å². The first-order valence-corrected chi connectivity index (χ1v) is 2.04. The lowest BCUT2D eigenvalue weighted by Gasteiger charge is -2.17. The molecule has 0 fully saturated rings. The van der Waals surface area contributed by atoms with Gasteiger partial charge >= 0.3 is 18.0 Å². The molecule has 0 aromatic carbocycles. The van der Waals surface area contributed by atoms with Crippen molar-refractivity contribution in [3.8, 4) is 0 Å². The van der Waals surface area contributed by atoms with Crippen molar-refractivity contribution < 1.29 is 36.9 Å². The molecule has 0 saturated carbocycles. The molecular weight excluding hydrogens is 179 g/mol. The topological polar surface area (TPSA) is 46.5 Å². The van der Waals surface area contributed by atoms with E-state index in [9.17, 15) is 26.9 Å². The molecule has 0 rings (SSSR count). The van der Waals surface area contributed by atoms with Gasteiger partial charge in [0.25, 0.3) is 0 Å². The summed E-state index contributed by atoms with van der Waals surface area (Å²) >= 11 is 0. The maximum absolute atomic E-state index is 11.8. The van der Waals surface area contributed by atoms with Gasteiger partial charge in [0.2, 0.25) is 0 Å². The molecule has 0 radical (unpaired) electrons. The van der Waals surface area contributed by atoms with Crippen molar-refractivity contribution in [3.05, 3.63) is 0 Å². The fourth-order valence-corrected chi connectivity index (χ4v) is 0.198. The summed E-state index contributed by atoms with van der Waals surface area (Å²) in [5.41, 5.74) is 0. The first kappa shape index (κ1) is 10.1. The van der Waals surface area contributed by atoms with Crippen molar-refractivity contribution >= 4 is 5.97 Å². The highest BCUT2D eigenvalue weighted by molar-refractivity contribution is 5.76. The Morgan fingerprint density at radius 3 is 1.64 bits per heavy atom. The first-order valence-electron chi connectivity index (χ1n) is 2.04. The highest BCUT2D eigenvalue weighted by Gasteiger charge is 2.66. The van der Waals surface area contributed by atoms with E-state index in [1.54, 1.807) is 4.94 Å². The van der Waals surface area contributed by atoms with Crippen LogP contribution >= 0.6 is 0 Å². The fraction of sp³-hybridized carbons (Fsp3) is 0.667. The van der Waals surface area contributed by atoms with E-state index in [2.05, 4.69) is 0 Å². The monoisotopic (exact) mass is 180 g/mol. The van der Waals surface area contributed by atoms with E-state index >= 15 is 0 Å². The summed E-state index contributed by atoms with van der Waals surface area (Å²) in [6, 6.07) is 0. The lowest BCUT2D eigenvalue weighted by atomic mass is 10.3. The van der Waals surface area contributed by atoms with Crippen LogP contribution in [0, 0.1) is 0 Å². The summed E-state index contributed by atoms with van der Waals surface area (Å²) in [5, 5.41) is 7.51. The summed E-state index contributed by atoms with van der Waals surface area (Å²) in [4.78, 5) is 11.1. The minimum absolute atomic E-state index is 1.67. The van der Waals surface area contributed by atoms with Gasteiger partial charge in [0.05, 0.1) is 0 Å². The number of halogens is 5. The van der Waals surface area contributed by atoms with E-state index in [1.807, 2.05) is 0 Å². The fourth-order valence-electron chi connectivity index (χ4n) is 0.198. The van der Waals surface area contributed by atoms with Crippen LogP contribution in [0.4, 0.5) is 22.1 Å². The Kier molecular flexibility index (Phi) is 2.39. The number of carboxylic acids is 1. The van der Waals surface area contributed by atoms with Gasteiger partial charge in [0.15, 0.2) is 0 Å². The average molecular weight is 180 g/mol. The summed E-state index contributed by atoms with van der Waals surface area (Å²) in [5.74, 6) is -8.36. The van der Waals surface area contributed by atoms with E-state index in [4.69, 9.17) is 5.11 Å². The second-order valence-corrected chi connectivity index (χ2v) is 1.48. The van der Waals surface area contributed by atoms with Gasteiger partial charge in [-0.05, 0) is 4.53 Å². The Balaban J connectivity index is 4.75. The van der Waals surface area contributed by atoms with E-state index in [1.165, 1.54) is 0 Å². The quantitative estimate of drug-likeness (QED) is 0.649. The third kappa shape index (κ3) is 1.56. The van der Waals surface area contributed by atoms with Crippen LogP contribution in [-0.2, 0) is 9.74 Å². The number of rotatable bonds is 2. The van der Waals surface area contributed by atoms with Crippen LogP contribution in [0.15, 0.2) is 0 Å². The van der Waals surface area contributed by atoms with Gasteiger partial charge in [-0.25, -0.2) is 4.79 Å². The van der Waals surface area contributed by atoms with Crippen LogP contribution < -0.4 is 0 Å². The van der Waals surface area contributed by atoms with Gasteiger partial charge in [-0.3, -0.25) is 0 Å². The van der Waals surface area contributed by atoms with Gasteiger partial charge in [0.1, 0.15) is 0 Å². The van der Waals surface area contributed by atoms with Gasteiger partial charge in [-0.1, -0.05) is 0 Å². The summed E-state index contributed by atoms with van der Waals surface area (Å²) < 4.78 is 56.3. The molecular formula is C3HF5O3. The molecule has 0 aliphatic carbocycles. The van der Waals surface area contributed by atoms with Gasteiger partial charge in [-0.15, -0.1) is 4.94 Å².